The van der Waals surface area contributed by atoms with Crippen LogP contribution >= 0.6 is 0 Å². The van der Waals surface area contributed by atoms with Crippen LogP contribution in [0.15, 0.2) is 35.1 Å². The van der Waals surface area contributed by atoms with Gasteiger partial charge in [0.25, 0.3) is 5.56 Å². The van der Waals surface area contributed by atoms with Crippen molar-refractivity contribution >= 4 is 22.5 Å². The second-order valence-electron chi connectivity index (χ2n) is 5.10. The van der Waals surface area contributed by atoms with Gasteiger partial charge in [-0.2, -0.15) is 0 Å². The minimum Gasteiger partial charge on any atom is -0.481 e. The maximum Gasteiger partial charge on any atom is 0.303 e. The Labute approximate surface area is 120 Å². The monoisotopic (exact) mass is 284 g/mol. The SMILES string of the molecule is CCc1ccc2c(c1)[nH]c(=O)c1ccc(CCC(=O)O)n12. The molecule has 0 aliphatic heterocycles. The fourth-order valence-corrected chi connectivity index (χ4v) is 2.66. The van der Waals surface area contributed by atoms with Crippen molar-refractivity contribution in [3.8, 4) is 0 Å². The van der Waals surface area contributed by atoms with Gasteiger partial charge >= 0.3 is 5.97 Å². The van der Waals surface area contributed by atoms with Gasteiger partial charge in [-0.25, -0.2) is 0 Å². The lowest BCUT2D eigenvalue weighted by atomic mass is 10.1. The lowest BCUT2D eigenvalue weighted by Crippen LogP contribution is -2.11. The molecule has 0 saturated heterocycles. The minimum atomic E-state index is -0.840. The van der Waals surface area contributed by atoms with Gasteiger partial charge in [0.1, 0.15) is 5.52 Å². The molecule has 0 atom stereocenters. The number of aromatic nitrogens is 2. The van der Waals surface area contributed by atoms with Crippen LogP contribution in [0.2, 0.25) is 0 Å². The summed E-state index contributed by atoms with van der Waals surface area (Å²) in [5.41, 5.74) is 4.06. The first-order chi connectivity index (χ1) is 10.1. The Hall–Kier alpha value is -2.56. The van der Waals surface area contributed by atoms with Crippen LogP contribution in [0.5, 0.6) is 0 Å². The topological polar surface area (TPSA) is 74.6 Å². The number of nitrogens with zero attached hydrogens (tertiary/aromatic N) is 1. The normalized spacial score (nSPS) is 11.3. The highest BCUT2D eigenvalue weighted by molar-refractivity contribution is 5.79. The zero-order chi connectivity index (χ0) is 15.0. The van der Waals surface area contributed by atoms with E-state index in [9.17, 15) is 9.59 Å². The number of carboxylic acid groups (broad SMARTS) is 1. The fraction of sp³-hybridized carbons (Fsp3) is 0.250. The molecule has 3 rings (SSSR count). The molecule has 1 aromatic carbocycles. The van der Waals surface area contributed by atoms with Gasteiger partial charge in [0.2, 0.25) is 0 Å². The minimum absolute atomic E-state index is 0.0491. The molecule has 5 nitrogen and oxygen atoms in total. The van der Waals surface area contributed by atoms with E-state index in [1.807, 2.05) is 28.7 Å². The maximum atomic E-state index is 12.2. The van der Waals surface area contributed by atoms with Crippen LogP contribution in [-0.2, 0) is 17.6 Å². The molecule has 0 radical (unpaired) electrons. The number of hydrogen-bond acceptors (Lipinski definition) is 2. The van der Waals surface area contributed by atoms with Gasteiger partial charge in [-0.3, -0.25) is 9.59 Å². The zero-order valence-corrected chi connectivity index (χ0v) is 11.7. The van der Waals surface area contributed by atoms with E-state index in [1.165, 1.54) is 0 Å². The number of aromatic amines is 1. The molecule has 21 heavy (non-hydrogen) atoms. The summed E-state index contributed by atoms with van der Waals surface area (Å²) in [7, 11) is 0. The van der Waals surface area contributed by atoms with Gasteiger partial charge in [-0.1, -0.05) is 13.0 Å². The molecular formula is C16H16N2O3. The number of aryl methyl sites for hydroxylation is 2. The molecule has 2 aromatic heterocycles. The molecule has 5 heteroatoms. The number of carboxylic acids is 1. The smallest absolute Gasteiger partial charge is 0.303 e. The standard InChI is InChI=1S/C16H16N2O3/c1-2-10-3-6-13-12(9-10)17-16(21)14-7-4-11(18(13)14)5-8-15(19)20/h3-4,6-7,9H,2,5,8H2,1H3,(H,17,21)(H,19,20). The number of hydrogen-bond donors (Lipinski definition) is 2. The predicted octanol–water partition coefficient (Wildman–Crippen LogP) is 2.36. The highest BCUT2D eigenvalue weighted by Gasteiger charge is 2.11. The predicted molar refractivity (Wildman–Crippen MR) is 80.9 cm³/mol. The molecule has 0 unspecified atom stereocenters. The number of nitrogens with one attached hydrogen (secondary N) is 1. The average molecular weight is 284 g/mol. The molecule has 108 valence electrons. The first-order valence-corrected chi connectivity index (χ1v) is 6.97. The second-order valence-corrected chi connectivity index (χ2v) is 5.10. The van der Waals surface area contributed by atoms with Crippen molar-refractivity contribution in [3.05, 3.63) is 51.9 Å². The fourth-order valence-electron chi connectivity index (χ4n) is 2.66. The number of fused-ring (bicyclic) bond motifs is 3. The van der Waals surface area contributed by atoms with Crippen molar-refractivity contribution in [2.24, 2.45) is 0 Å². The van der Waals surface area contributed by atoms with Crippen molar-refractivity contribution in [2.75, 3.05) is 0 Å². The maximum absolute atomic E-state index is 12.2. The summed E-state index contributed by atoms with van der Waals surface area (Å²) >= 11 is 0. The molecule has 3 aromatic rings. The van der Waals surface area contributed by atoms with Crippen LogP contribution in [-0.4, -0.2) is 20.5 Å². The van der Waals surface area contributed by atoms with Gasteiger partial charge in [0, 0.05) is 5.69 Å². The summed E-state index contributed by atoms with van der Waals surface area (Å²) in [5, 5.41) is 8.84. The van der Waals surface area contributed by atoms with Crippen molar-refractivity contribution in [1.29, 1.82) is 0 Å². The van der Waals surface area contributed by atoms with Crippen LogP contribution in [0.4, 0.5) is 0 Å². The highest BCUT2D eigenvalue weighted by Crippen LogP contribution is 2.18. The summed E-state index contributed by atoms with van der Waals surface area (Å²) in [6.45, 7) is 2.06. The van der Waals surface area contributed by atoms with E-state index in [4.69, 9.17) is 5.11 Å². The number of rotatable bonds is 4. The van der Waals surface area contributed by atoms with E-state index < -0.39 is 5.97 Å². The first kappa shape index (κ1) is 13.4. The Morgan fingerprint density at radius 1 is 1.24 bits per heavy atom. The third-order valence-electron chi connectivity index (χ3n) is 3.75. The van der Waals surface area contributed by atoms with E-state index >= 15 is 0 Å². The van der Waals surface area contributed by atoms with Gasteiger partial charge in [-0.15, -0.1) is 0 Å². The Morgan fingerprint density at radius 2 is 2.00 bits per heavy atom. The van der Waals surface area contributed by atoms with Crippen LogP contribution in [0.3, 0.4) is 0 Å². The van der Waals surface area contributed by atoms with Crippen LogP contribution in [0.1, 0.15) is 24.6 Å². The Bertz CT molecular complexity index is 890. The molecule has 2 heterocycles. The van der Waals surface area contributed by atoms with Crippen LogP contribution < -0.4 is 5.56 Å². The summed E-state index contributed by atoms with van der Waals surface area (Å²) in [5.74, 6) is -0.840. The molecule has 2 N–H and O–H groups in total. The quantitative estimate of drug-likeness (QED) is 0.772. The van der Waals surface area contributed by atoms with Gasteiger partial charge in [0.05, 0.1) is 17.5 Å². The van der Waals surface area contributed by atoms with E-state index in [2.05, 4.69) is 11.9 Å². The first-order valence-electron chi connectivity index (χ1n) is 6.97. The van der Waals surface area contributed by atoms with Crippen LogP contribution in [0.25, 0.3) is 16.6 Å². The van der Waals surface area contributed by atoms with Crippen molar-refractivity contribution in [1.82, 2.24) is 9.38 Å². The van der Waals surface area contributed by atoms with Gasteiger partial charge in [0.15, 0.2) is 0 Å². The van der Waals surface area contributed by atoms with Gasteiger partial charge in [-0.05, 0) is 42.7 Å². The summed E-state index contributed by atoms with van der Waals surface area (Å²) < 4.78 is 1.86. The van der Waals surface area contributed by atoms with Crippen LogP contribution in [0, 0.1) is 0 Å². The zero-order valence-electron chi connectivity index (χ0n) is 11.7. The highest BCUT2D eigenvalue weighted by atomic mass is 16.4. The molecule has 0 amide bonds. The molecule has 0 fully saturated rings. The van der Waals surface area contributed by atoms with Crippen molar-refractivity contribution in [3.63, 3.8) is 0 Å². The lowest BCUT2D eigenvalue weighted by Gasteiger charge is -2.08. The largest absolute Gasteiger partial charge is 0.481 e. The van der Waals surface area contributed by atoms with Crippen molar-refractivity contribution < 1.29 is 9.90 Å². The number of H-pyrrole nitrogens is 1. The van der Waals surface area contributed by atoms with E-state index in [1.54, 1.807) is 6.07 Å². The third-order valence-corrected chi connectivity index (χ3v) is 3.75. The third kappa shape index (κ3) is 2.31. The second kappa shape index (κ2) is 5.09. The van der Waals surface area contributed by atoms with Gasteiger partial charge < -0.3 is 14.5 Å². The van der Waals surface area contributed by atoms with E-state index in [0.717, 1.165) is 28.7 Å². The van der Waals surface area contributed by atoms with E-state index in [-0.39, 0.29) is 12.0 Å². The molecule has 0 aliphatic carbocycles. The molecule has 0 bridgehead atoms. The molecule has 0 saturated carbocycles. The van der Waals surface area contributed by atoms with Crippen molar-refractivity contribution in [2.45, 2.75) is 26.2 Å². The Kier molecular flexibility index (Phi) is 3.25. The lowest BCUT2D eigenvalue weighted by molar-refractivity contribution is -0.136. The number of carbonyl (C=O) groups is 1. The Morgan fingerprint density at radius 3 is 2.71 bits per heavy atom. The van der Waals surface area contributed by atoms with E-state index in [0.29, 0.717) is 11.9 Å². The molecular weight excluding hydrogens is 268 g/mol. The Balaban J connectivity index is 2.27. The molecule has 0 aliphatic rings. The summed E-state index contributed by atoms with van der Waals surface area (Å²) in [4.78, 5) is 25.8. The summed E-state index contributed by atoms with van der Waals surface area (Å²) in [6, 6.07) is 9.53. The average Bonchev–Trinajstić information content (AvgIpc) is 2.89. The summed E-state index contributed by atoms with van der Waals surface area (Å²) in [6.07, 6.45) is 1.35. The molecule has 0 spiro atoms. The number of aliphatic carboxylic acids is 1. The number of benzene rings is 1.